The Morgan fingerprint density at radius 3 is 2.62 bits per heavy atom. The molecule has 0 radical (unpaired) electrons. The van der Waals surface area contributed by atoms with Gasteiger partial charge in [-0.25, -0.2) is 4.98 Å². The third-order valence-electron chi connectivity index (χ3n) is 2.66. The third-order valence-corrected chi connectivity index (χ3v) is 6.68. The number of aromatic nitrogens is 1. The van der Waals surface area contributed by atoms with Crippen LogP contribution in [0.25, 0.3) is 11.3 Å². The van der Waals surface area contributed by atoms with Crippen LogP contribution in [0.15, 0.2) is 50.0 Å². The smallest absolute Gasteiger partial charge is 0.267 e. The van der Waals surface area contributed by atoms with Gasteiger partial charge in [-0.3, -0.25) is 10.1 Å². The molecule has 0 unspecified atom stereocenters. The number of nitrogens with zero attached hydrogens (tertiary/aromatic N) is 1. The topological polar surface area (TPSA) is 42.0 Å². The molecule has 7 heteroatoms. The summed E-state index contributed by atoms with van der Waals surface area (Å²) in [4.78, 5) is 17.2. The molecule has 3 rings (SSSR count). The lowest BCUT2D eigenvalue weighted by molar-refractivity contribution is 0.103. The van der Waals surface area contributed by atoms with E-state index in [0.717, 1.165) is 19.5 Å². The van der Waals surface area contributed by atoms with E-state index in [1.165, 1.54) is 22.7 Å². The summed E-state index contributed by atoms with van der Waals surface area (Å²) in [6.45, 7) is 0. The summed E-state index contributed by atoms with van der Waals surface area (Å²) in [6, 6.07) is 11.7. The maximum absolute atomic E-state index is 12.1. The number of thiophene rings is 1. The SMILES string of the molecule is O=C(Nc1nc(-c2ccccc2)cs1)c1cc(Br)c(Br)s1. The average molecular weight is 444 g/mol. The van der Waals surface area contributed by atoms with Gasteiger partial charge in [-0.2, -0.15) is 0 Å². The first-order chi connectivity index (χ1) is 10.1. The van der Waals surface area contributed by atoms with E-state index in [1.807, 2.05) is 35.7 Å². The Balaban J connectivity index is 1.77. The van der Waals surface area contributed by atoms with Crippen LogP contribution in [0.2, 0.25) is 0 Å². The molecule has 3 aromatic rings. The number of rotatable bonds is 3. The lowest BCUT2D eigenvalue weighted by Crippen LogP contribution is -2.09. The van der Waals surface area contributed by atoms with Gasteiger partial charge in [-0.1, -0.05) is 30.3 Å². The number of benzene rings is 1. The molecule has 0 atom stereocenters. The number of thiazole rings is 1. The van der Waals surface area contributed by atoms with E-state index in [2.05, 4.69) is 42.2 Å². The molecule has 0 bridgehead atoms. The van der Waals surface area contributed by atoms with Crippen LogP contribution in [-0.4, -0.2) is 10.9 Å². The van der Waals surface area contributed by atoms with E-state index in [1.54, 1.807) is 6.07 Å². The second-order valence-corrected chi connectivity index (χ2v) is 8.17. The highest BCUT2D eigenvalue weighted by molar-refractivity contribution is 9.13. The number of hydrogen-bond donors (Lipinski definition) is 1. The minimum absolute atomic E-state index is 0.152. The number of nitrogens with one attached hydrogen (secondary N) is 1. The minimum Gasteiger partial charge on any atom is -0.297 e. The third kappa shape index (κ3) is 3.42. The summed E-state index contributed by atoms with van der Waals surface area (Å²) in [7, 11) is 0. The minimum atomic E-state index is -0.152. The van der Waals surface area contributed by atoms with Crippen LogP contribution < -0.4 is 5.32 Å². The van der Waals surface area contributed by atoms with Gasteiger partial charge in [0.25, 0.3) is 5.91 Å². The first-order valence-electron chi connectivity index (χ1n) is 5.90. The Kier molecular flexibility index (Phi) is 4.54. The Bertz CT molecular complexity index is 764. The van der Waals surface area contributed by atoms with Crippen LogP contribution in [-0.2, 0) is 0 Å². The van der Waals surface area contributed by atoms with Crippen LogP contribution >= 0.6 is 54.5 Å². The van der Waals surface area contributed by atoms with Crippen molar-refractivity contribution in [1.82, 2.24) is 4.98 Å². The van der Waals surface area contributed by atoms with Gasteiger partial charge in [0.15, 0.2) is 5.13 Å². The van der Waals surface area contributed by atoms with E-state index in [9.17, 15) is 4.79 Å². The van der Waals surface area contributed by atoms with E-state index >= 15 is 0 Å². The highest BCUT2D eigenvalue weighted by atomic mass is 79.9. The number of amides is 1. The zero-order valence-electron chi connectivity index (χ0n) is 10.5. The van der Waals surface area contributed by atoms with Crippen LogP contribution in [0.1, 0.15) is 9.67 Å². The van der Waals surface area contributed by atoms with Gasteiger partial charge in [0.2, 0.25) is 0 Å². The van der Waals surface area contributed by atoms with Crippen molar-refractivity contribution >= 4 is 65.6 Å². The largest absolute Gasteiger partial charge is 0.297 e. The summed E-state index contributed by atoms with van der Waals surface area (Å²) in [5.41, 5.74) is 1.90. The molecule has 0 saturated carbocycles. The number of halogens is 2. The van der Waals surface area contributed by atoms with Gasteiger partial charge >= 0.3 is 0 Å². The Morgan fingerprint density at radius 2 is 1.95 bits per heavy atom. The highest BCUT2D eigenvalue weighted by Gasteiger charge is 2.14. The van der Waals surface area contributed by atoms with Gasteiger partial charge in [-0.05, 0) is 37.9 Å². The van der Waals surface area contributed by atoms with Crippen molar-refractivity contribution in [3.05, 3.63) is 54.9 Å². The fraction of sp³-hybridized carbons (Fsp3) is 0. The molecule has 0 spiro atoms. The van der Waals surface area contributed by atoms with E-state index < -0.39 is 0 Å². The van der Waals surface area contributed by atoms with Crippen molar-refractivity contribution in [2.24, 2.45) is 0 Å². The molecule has 1 N–H and O–H groups in total. The Labute approximate surface area is 146 Å². The van der Waals surface area contributed by atoms with Crippen molar-refractivity contribution in [2.45, 2.75) is 0 Å². The van der Waals surface area contributed by atoms with Crippen LogP contribution in [0, 0.1) is 0 Å². The number of anilines is 1. The van der Waals surface area contributed by atoms with Crippen LogP contribution in [0.3, 0.4) is 0 Å². The van der Waals surface area contributed by atoms with E-state index in [0.29, 0.717) is 10.0 Å². The van der Waals surface area contributed by atoms with Crippen LogP contribution in [0.4, 0.5) is 5.13 Å². The van der Waals surface area contributed by atoms with Crippen molar-refractivity contribution in [1.29, 1.82) is 0 Å². The molecule has 3 nitrogen and oxygen atoms in total. The molecule has 21 heavy (non-hydrogen) atoms. The zero-order valence-corrected chi connectivity index (χ0v) is 15.3. The summed E-state index contributed by atoms with van der Waals surface area (Å²) in [5, 5.41) is 5.36. The summed E-state index contributed by atoms with van der Waals surface area (Å²) in [5.74, 6) is -0.152. The van der Waals surface area contributed by atoms with Crippen molar-refractivity contribution < 1.29 is 4.79 Å². The second-order valence-electron chi connectivity index (χ2n) is 4.09. The molecule has 0 saturated heterocycles. The molecule has 0 aliphatic carbocycles. The summed E-state index contributed by atoms with van der Waals surface area (Å²) < 4.78 is 1.78. The molecule has 0 aliphatic rings. The molecule has 1 amide bonds. The fourth-order valence-electron chi connectivity index (χ4n) is 1.69. The maximum atomic E-state index is 12.1. The standard InChI is InChI=1S/C14H8Br2N2OS2/c15-9-6-11(21-12(9)16)13(19)18-14-17-10(7-20-14)8-4-2-1-3-5-8/h1-7H,(H,17,18,19). The van der Waals surface area contributed by atoms with Crippen molar-refractivity contribution in [3.63, 3.8) is 0 Å². The molecule has 0 fully saturated rings. The predicted octanol–water partition coefficient (Wildman–Crippen LogP) is 5.65. The van der Waals surface area contributed by atoms with Gasteiger partial charge in [0.1, 0.15) is 0 Å². The molecular formula is C14H8Br2N2OS2. The van der Waals surface area contributed by atoms with Gasteiger partial charge < -0.3 is 0 Å². The highest BCUT2D eigenvalue weighted by Crippen LogP contribution is 2.33. The molecule has 2 heterocycles. The van der Waals surface area contributed by atoms with Gasteiger partial charge in [0.05, 0.1) is 14.4 Å². The lowest BCUT2D eigenvalue weighted by atomic mass is 10.2. The first-order valence-corrected chi connectivity index (χ1v) is 9.19. The van der Waals surface area contributed by atoms with Crippen molar-refractivity contribution in [3.8, 4) is 11.3 Å². The predicted molar refractivity (Wildman–Crippen MR) is 95.2 cm³/mol. The maximum Gasteiger partial charge on any atom is 0.267 e. The van der Waals surface area contributed by atoms with Crippen molar-refractivity contribution in [2.75, 3.05) is 5.32 Å². The molecule has 2 aromatic heterocycles. The van der Waals surface area contributed by atoms with Gasteiger partial charge in [0, 0.05) is 15.4 Å². The van der Waals surface area contributed by atoms with Crippen LogP contribution in [0.5, 0.6) is 0 Å². The van der Waals surface area contributed by atoms with Gasteiger partial charge in [-0.15, -0.1) is 22.7 Å². The van der Waals surface area contributed by atoms with E-state index in [4.69, 9.17) is 0 Å². The molecular weight excluding hydrogens is 436 g/mol. The summed E-state index contributed by atoms with van der Waals surface area (Å²) >= 11 is 9.55. The summed E-state index contributed by atoms with van der Waals surface area (Å²) in [6.07, 6.45) is 0. The Hall–Kier alpha value is -1.02. The second kappa shape index (κ2) is 6.39. The monoisotopic (exact) mass is 442 g/mol. The number of carbonyl (C=O) groups excluding carboxylic acids is 1. The first kappa shape index (κ1) is 14.9. The van der Waals surface area contributed by atoms with E-state index in [-0.39, 0.29) is 5.91 Å². The Morgan fingerprint density at radius 1 is 1.19 bits per heavy atom. The number of hydrogen-bond acceptors (Lipinski definition) is 4. The average Bonchev–Trinajstić information content (AvgIpc) is 3.08. The molecule has 1 aromatic carbocycles. The zero-order chi connectivity index (χ0) is 14.8. The number of carbonyl (C=O) groups is 1. The quantitative estimate of drug-likeness (QED) is 0.568. The fourth-order valence-corrected chi connectivity index (χ4v) is 4.34. The molecule has 0 aliphatic heterocycles. The normalized spacial score (nSPS) is 10.6. The lowest BCUT2D eigenvalue weighted by Gasteiger charge is -1.98. The molecule has 106 valence electrons.